The summed E-state index contributed by atoms with van der Waals surface area (Å²) in [7, 11) is 3.67. The molecule has 2 unspecified atom stereocenters. The quantitative estimate of drug-likeness (QED) is 0.400. The Bertz CT molecular complexity index is 386. The van der Waals surface area contributed by atoms with Crippen molar-refractivity contribution in [3.63, 3.8) is 0 Å². The Hall–Kier alpha value is 0.310. The highest BCUT2D eigenvalue weighted by Gasteiger charge is 2.58. The number of nitrogens with one attached hydrogen (secondary N) is 2. The molecule has 2 fully saturated rings. The summed E-state index contributed by atoms with van der Waals surface area (Å²) in [5, 5.41) is 7.09. The fourth-order valence-electron chi connectivity index (χ4n) is 3.27. The van der Waals surface area contributed by atoms with Gasteiger partial charge in [-0.2, -0.15) is 11.8 Å². The highest BCUT2D eigenvalue weighted by atomic mass is 127. The van der Waals surface area contributed by atoms with Crippen molar-refractivity contribution in [2.45, 2.75) is 51.7 Å². The number of thioether (sulfide) groups is 1. The largest absolute Gasteiger partial charge is 0.378 e. The molecule has 0 aromatic carbocycles. The Morgan fingerprint density at radius 1 is 1.27 bits per heavy atom. The summed E-state index contributed by atoms with van der Waals surface area (Å²) in [6.07, 6.45) is 3.67. The summed E-state index contributed by atoms with van der Waals surface area (Å²) < 4.78 is 5.69. The number of guanidine groups is 1. The molecule has 1 saturated carbocycles. The van der Waals surface area contributed by atoms with E-state index in [4.69, 9.17) is 4.74 Å². The van der Waals surface area contributed by atoms with Gasteiger partial charge in [0.1, 0.15) is 0 Å². The van der Waals surface area contributed by atoms with Crippen LogP contribution in [0.1, 0.15) is 40.0 Å². The third kappa shape index (κ3) is 4.23. The van der Waals surface area contributed by atoms with E-state index in [1.807, 2.05) is 14.2 Å². The number of halogens is 1. The average molecular weight is 441 g/mol. The van der Waals surface area contributed by atoms with Crippen LogP contribution >= 0.6 is 35.7 Å². The normalized spacial score (nSPS) is 31.9. The topological polar surface area (TPSA) is 45.7 Å². The van der Waals surface area contributed by atoms with Crippen molar-refractivity contribution in [1.29, 1.82) is 0 Å². The highest BCUT2D eigenvalue weighted by Crippen LogP contribution is 2.51. The zero-order valence-electron chi connectivity index (χ0n) is 14.6. The minimum absolute atomic E-state index is 0. The van der Waals surface area contributed by atoms with E-state index >= 15 is 0 Å². The lowest BCUT2D eigenvalue weighted by Gasteiger charge is -2.59. The summed E-state index contributed by atoms with van der Waals surface area (Å²) >= 11 is 2.08. The third-order valence-corrected chi connectivity index (χ3v) is 6.76. The van der Waals surface area contributed by atoms with Gasteiger partial charge in [0.25, 0.3) is 0 Å². The number of methoxy groups -OCH3 is 1. The van der Waals surface area contributed by atoms with E-state index in [9.17, 15) is 0 Å². The number of aliphatic imine (C=N–C) groups is 1. The predicted octanol–water partition coefficient (Wildman–Crippen LogP) is 3.12. The van der Waals surface area contributed by atoms with Crippen molar-refractivity contribution in [3.05, 3.63) is 0 Å². The van der Waals surface area contributed by atoms with E-state index in [-0.39, 0.29) is 35.0 Å². The zero-order chi connectivity index (χ0) is 15.5. The van der Waals surface area contributed by atoms with E-state index in [1.165, 1.54) is 24.3 Å². The second-order valence-electron chi connectivity index (χ2n) is 7.07. The summed E-state index contributed by atoms with van der Waals surface area (Å²) in [5.74, 6) is 4.34. The Kier molecular flexibility index (Phi) is 7.79. The highest BCUT2D eigenvalue weighted by molar-refractivity contribution is 14.0. The van der Waals surface area contributed by atoms with E-state index in [2.05, 4.69) is 48.2 Å². The van der Waals surface area contributed by atoms with Gasteiger partial charge < -0.3 is 15.4 Å². The predicted molar refractivity (Wildman–Crippen MR) is 108 cm³/mol. The van der Waals surface area contributed by atoms with Crippen LogP contribution < -0.4 is 10.6 Å². The van der Waals surface area contributed by atoms with Gasteiger partial charge in [0, 0.05) is 32.2 Å². The maximum absolute atomic E-state index is 5.69. The molecular formula is C16H32IN3OS. The standard InChI is InChI=1S/C16H31N3OS.HI/c1-15(2)13(10-16(15,3)20-5)19-14(17-4)18-11-12-6-8-21-9-7-12;/h12-13H,6-11H2,1-5H3,(H2,17,18,19);1H. The van der Waals surface area contributed by atoms with Crippen LogP contribution in [0.25, 0.3) is 0 Å². The first-order chi connectivity index (χ1) is 9.93. The molecule has 22 heavy (non-hydrogen) atoms. The van der Waals surface area contributed by atoms with Gasteiger partial charge in [-0.05, 0) is 43.6 Å². The minimum Gasteiger partial charge on any atom is -0.378 e. The van der Waals surface area contributed by atoms with Crippen LogP contribution in [0.15, 0.2) is 4.99 Å². The molecule has 130 valence electrons. The lowest BCUT2D eigenvalue weighted by Crippen LogP contribution is -2.69. The minimum atomic E-state index is -0.0376. The maximum atomic E-state index is 5.69. The SMILES string of the molecule is CN=C(NCC1CCSCC1)NC1CC(C)(OC)C1(C)C.I. The van der Waals surface area contributed by atoms with Crippen molar-refractivity contribution in [1.82, 2.24) is 10.6 Å². The van der Waals surface area contributed by atoms with Gasteiger partial charge >= 0.3 is 0 Å². The first-order valence-electron chi connectivity index (χ1n) is 8.03. The Labute approximate surface area is 157 Å². The van der Waals surface area contributed by atoms with Crippen molar-refractivity contribution in [2.75, 3.05) is 32.2 Å². The summed E-state index contributed by atoms with van der Waals surface area (Å²) in [6, 6.07) is 0.413. The molecule has 0 radical (unpaired) electrons. The number of nitrogens with zero attached hydrogens (tertiary/aromatic N) is 1. The third-order valence-electron chi connectivity index (χ3n) is 5.71. The van der Waals surface area contributed by atoms with Crippen molar-refractivity contribution >= 4 is 41.7 Å². The first kappa shape index (κ1) is 20.4. The molecule has 0 aromatic rings. The lowest BCUT2D eigenvalue weighted by molar-refractivity contribution is -0.176. The molecule has 6 heteroatoms. The van der Waals surface area contributed by atoms with Gasteiger partial charge in [0.2, 0.25) is 0 Å². The van der Waals surface area contributed by atoms with Crippen LogP contribution in [0.2, 0.25) is 0 Å². The second-order valence-corrected chi connectivity index (χ2v) is 8.29. The van der Waals surface area contributed by atoms with E-state index in [0.29, 0.717) is 6.04 Å². The molecule has 0 aromatic heterocycles. The Morgan fingerprint density at radius 2 is 1.91 bits per heavy atom. The van der Waals surface area contributed by atoms with Crippen LogP contribution in [0.4, 0.5) is 0 Å². The number of rotatable bonds is 4. The number of ether oxygens (including phenoxy) is 1. The zero-order valence-corrected chi connectivity index (χ0v) is 17.7. The van der Waals surface area contributed by atoms with Crippen LogP contribution in [-0.2, 0) is 4.74 Å². The van der Waals surface area contributed by atoms with Crippen molar-refractivity contribution < 1.29 is 4.74 Å². The molecule has 2 aliphatic rings. The Morgan fingerprint density at radius 3 is 2.41 bits per heavy atom. The molecule has 1 aliphatic heterocycles. The smallest absolute Gasteiger partial charge is 0.191 e. The molecule has 2 rings (SSSR count). The molecule has 1 saturated heterocycles. The fraction of sp³-hybridized carbons (Fsp3) is 0.938. The van der Waals surface area contributed by atoms with Crippen LogP contribution in [-0.4, -0.2) is 49.8 Å². The molecule has 0 amide bonds. The lowest BCUT2D eigenvalue weighted by atomic mass is 9.56. The summed E-state index contributed by atoms with van der Waals surface area (Å²) in [4.78, 5) is 4.38. The van der Waals surface area contributed by atoms with E-state index in [1.54, 1.807) is 0 Å². The summed E-state index contributed by atoms with van der Waals surface area (Å²) in [5.41, 5.74) is 0.0744. The van der Waals surface area contributed by atoms with Gasteiger partial charge in [0.05, 0.1) is 5.60 Å². The van der Waals surface area contributed by atoms with Crippen molar-refractivity contribution in [2.24, 2.45) is 16.3 Å². The fourth-order valence-corrected chi connectivity index (χ4v) is 4.48. The van der Waals surface area contributed by atoms with Gasteiger partial charge in [0.15, 0.2) is 5.96 Å². The van der Waals surface area contributed by atoms with Gasteiger partial charge in [-0.25, -0.2) is 0 Å². The average Bonchev–Trinajstić information content (AvgIpc) is 2.50. The number of hydrogen-bond acceptors (Lipinski definition) is 3. The molecule has 0 spiro atoms. The van der Waals surface area contributed by atoms with Crippen LogP contribution in [0.5, 0.6) is 0 Å². The van der Waals surface area contributed by atoms with Gasteiger partial charge in [-0.1, -0.05) is 13.8 Å². The summed E-state index contributed by atoms with van der Waals surface area (Å²) in [6.45, 7) is 7.77. The molecule has 2 atom stereocenters. The van der Waals surface area contributed by atoms with E-state index < -0.39 is 0 Å². The number of hydrogen-bond donors (Lipinski definition) is 2. The Balaban J connectivity index is 0.00000242. The molecule has 4 nitrogen and oxygen atoms in total. The monoisotopic (exact) mass is 441 g/mol. The molecule has 1 aliphatic carbocycles. The maximum Gasteiger partial charge on any atom is 0.191 e. The second kappa shape index (κ2) is 8.42. The molecule has 2 N–H and O–H groups in total. The van der Waals surface area contributed by atoms with Crippen molar-refractivity contribution in [3.8, 4) is 0 Å². The van der Waals surface area contributed by atoms with E-state index in [0.717, 1.165) is 24.8 Å². The van der Waals surface area contributed by atoms with Gasteiger partial charge in [-0.3, -0.25) is 4.99 Å². The molecular weight excluding hydrogens is 409 g/mol. The van der Waals surface area contributed by atoms with Gasteiger partial charge in [-0.15, -0.1) is 24.0 Å². The van der Waals surface area contributed by atoms with Crippen LogP contribution in [0.3, 0.4) is 0 Å². The first-order valence-corrected chi connectivity index (χ1v) is 9.18. The molecule has 0 bridgehead atoms. The van der Waals surface area contributed by atoms with Crippen LogP contribution in [0, 0.1) is 11.3 Å². The molecule has 1 heterocycles.